The monoisotopic (exact) mass is 222 g/mol. The van der Waals surface area contributed by atoms with Gasteiger partial charge >= 0.3 is 6.18 Å². The van der Waals surface area contributed by atoms with Crippen LogP contribution in [0.15, 0.2) is 17.6 Å². The molecule has 0 fully saturated rings. The van der Waals surface area contributed by atoms with Crippen molar-refractivity contribution in [1.29, 1.82) is 0 Å². The fraction of sp³-hybridized carbons (Fsp3) is 0.500. The molecule has 2 nitrogen and oxygen atoms in total. The van der Waals surface area contributed by atoms with Crippen molar-refractivity contribution in [3.05, 3.63) is 18.0 Å². The third-order valence-electron chi connectivity index (χ3n) is 1.30. The van der Waals surface area contributed by atoms with E-state index in [2.05, 4.69) is 9.97 Å². The molecule has 0 bridgehead atoms. The van der Waals surface area contributed by atoms with E-state index in [1.807, 2.05) is 13.8 Å². The smallest absolute Gasteiger partial charge is 0.230 e. The van der Waals surface area contributed by atoms with Crippen molar-refractivity contribution >= 4 is 11.8 Å². The molecule has 1 heterocycles. The Kier molecular flexibility index (Phi) is 3.36. The highest BCUT2D eigenvalue weighted by molar-refractivity contribution is 7.99. The molecule has 1 rings (SSSR count). The molecule has 6 heteroatoms. The summed E-state index contributed by atoms with van der Waals surface area (Å²) in [7, 11) is 0. The van der Waals surface area contributed by atoms with E-state index in [1.165, 1.54) is 11.8 Å². The minimum atomic E-state index is -4.36. The Bertz CT molecular complexity index is 294. The summed E-state index contributed by atoms with van der Waals surface area (Å²) >= 11 is 1.33. The van der Waals surface area contributed by atoms with Crippen LogP contribution < -0.4 is 0 Å². The van der Waals surface area contributed by atoms with Crippen LogP contribution in [-0.2, 0) is 6.18 Å². The van der Waals surface area contributed by atoms with E-state index < -0.39 is 11.7 Å². The van der Waals surface area contributed by atoms with Gasteiger partial charge in [0.1, 0.15) is 0 Å². The molecule has 0 N–H and O–H groups in total. The summed E-state index contributed by atoms with van der Waals surface area (Å²) in [4.78, 5) is 7.23. The highest BCUT2D eigenvalue weighted by Gasteiger charge is 2.31. The van der Waals surface area contributed by atoms with Gasteiger partial charge in [0, 0.05) is 17.6 Å². The Balaban J connectivity index is 2.79. The summed E-state index contributed by atoms with van der Waals surface area (Å²) in [6.45, 7) is 3.84. The molecular weight excluding hydrogens is 213 g/mol. The molecular formula is C8H9F3N2S. The van der Waals surface area contributed by atoms with Gasteiger partial charge in [-0.15, -0.1) is 0 Å². The predicted octanol–water partition coefficient (Wildman–Crippen LogP) is 3.00. The molecule has 0 aliphatic carbocycles. The zero-order valence-corrected chi connectivity index (χ0v) is 8.49. The lowest BCUT2D eigenvalue weighted by atomic mass is 10.3. The maximum absolute atomic E-state index is 12.1. The van der Waals surface area contributed by atoms with Crippen LogP contribution in [0, 0.1) is 0 Å². The number of halogens is 3. The second-order valence-electron chi connectivity index (χ2n) is 2.92. The number of hydrogen-bond acceptors (Lipinski definition) is 3. The Morgan fingerprint density at radius 3 is 2.07 bits per heavy atom. The topological polar surface area (TPSA) is 25.8 Å². The normalized spacial score (nSPS) is 12.1. The van der Waals surface area contributed by atoms with E-state index in [1.54, 1.807) is 0 Å². The molecule has 0 saturated heterocycles. The van der Waals surface area contributed by atoms with Crippen LogP contribution in [-0.4, -0.2) is 15.2 Å². The summed E-state index contributed by atoms with van der Waals surface area (Å²) in [5.74, 6) is 0. The quantitative estimate of drug-likeness (QED) is 0.568. The Hall–Kier alpha value is -0.780. The maximum atomic E-state index is 12.1. The molecule has 78 valence electrons. The average Bonchev–Trinajstić information content (AvgIpc) is 2.02. The van der Waals surface area contributed by atoms with Gasteiger partial charge in [0.2, 0.25) is 0 Å². The first-order valence-electron chi connectivity index (χ1n) is 3.95. The molecule has 0 atom stereocenters. The van der Waals surface area contributed by atoms with Crippen molar-refractivity contribution in [3.63, 3.8) is 0 Å². The summed E-state index contributed by atoms with van der Waals surface area (Å²) < 4.78 is 36.3. The molecule has 0 unspecified atom stereocenters. The lowest BCUT2D eigenvalue weighted by Gasteiger charge is -2.06. The SMILES string of the molecule is CC(C)Sc1ncc(C(F)(F)F)cn1. The minimum Gasteiger partial charge on any atom is -0.230 e. The number of thioether (sulfide) groups is 1. The average molecular weight is 222 g/mol. The van der Waals surface area contributed by atoms with Crippen LogP contribution in [0.25, 0.3) is 0 Å². The fourth-order valence-electron chi connectivity index (χ4n) is 0.734. The molecule has 0 amide bonds. The van der Waals surface area contributed by atoms with E-state index in [0.29, 0.717) is 5.16 Å². The first-order chi connectivity index (χ1) is 6.39. The van der Waals surface area contributed by atoms with Gasteiger partial charge < -0.3 is 0 Å². The van der Waals surface area contributed by atoms with Gasteiger partial charge in [-0.1, -0.05) is 25.6 Å². The van der Waals surface area contributed by atoms with Gasteiger partial charge in [0.05, 0.1) is 5.56 Å². The van der Waals surface area contributed by atoms with Gasteiger partial charge in [-0.3, -0.25) is 0 Å². The first kappa shape index (κ1) is 11.3. The Morgan fingerprint density at radius 1 is 1.21 bits per heavy atom. The van der Waals surface area contributed by atoms with Crippen molar-refractivity contribution in [2.75, 3.05) is 0 Å². The maximum Gasteiger partial charge on any atom is 0.419 e. The van der Waals surface area contributed by atoms with E-state index in [4.69, 9.17) is 0 Å². The molecule has 0 saturated carbocycles. The first-order valence-corrected chi connectivity index (χ1v) is 4.83. The lowest BCUT2D eigenvalue weighted by Crippen LogP contribution is -2.06. The molecule has 0 spiro atoms. The van der Waals surface area contributed by atoms with Crippen molar-refractivity contribution in [1.82, 2.24) is 9.97 Å². The molecule has 1 aromatic heterocycles. The summed E-state index contributed by atoms with van der Waals surface area (Å²) in [5, 5.41) is 0.625. The van der Waals surface area contributed by atoms with Crippen molar-refractivity contribution in [3.8, 4) is 0 Å². The summed E-state index contributed by atoms with van der Waals surface area (Å²) in [6, 6.07) is 0. The van der Waals surface area contributed by atoms with Crippen molar-refractivity contribution in [2.24, 2.45) is 0 Å². The molecule has 0 radical (unpaired) electrons. The van der Waals surface area contributed by atoms with Gasteiger partial charge in [-0.05, 0) is 0 Å². The van der Waals surface area contributed by atoms with Crippen LogP contribution >= 0.6 is 11.8 Å². The highest BCUT2D eigenvalue weighted by atomic mass is 32.2. The number of hydrogen-bond donors (Lipinski definition) is 0. The highest BCUT2D eigenvalue weighted by Crippen LogP contribution is 2.28. The number of nitrogens with zero attached hydrogens (tertiary/aromatic N) is 2. The molecule has 0 aliphatic heterocycles. The van der Waals surface area contributed by atoms with Crippen molar-refractivity contribution < 1.29 is 13.2 Å². The number of rotatable bonds is 2. The van der Waals surface area contributed by atoms with E-state index in [-0.39, 0.29) is 5.25 Å². The third-order valence-corrected chi connectivity index (χ3v) is 2.19. The van der Waals surface area contributed by atoms with E-state index >= 15 is 0 Å². The van der Waals surface area contributed by atoms with Crippen LogP contribution in [0.4, 0.5) is 13.2 Å². The second kappa shape index (κ2) is 4.16. The van der Waals surface area contributed by atoms with Gasteiger partial charge in [-0.25, -0.2) is 9.97 Å². The van der Waals surface area contributed by atoms with Gasteiger partial charge in [0.15, 0.2) is 5.16 Å². The summed E-state index contributed by atoms with van der Waals surface area (Å²) in [5.41, 5.74) is -0.814. The third kappa shape index (κ3) is 3.17. The molecule has 0 aromatic carbocycles. The number of aromatic nitrogens is 2. The van der Waals surface area contributed by atoms with Gasteiger partial charge in [-0.2, -0.15) is 13.2 Å². The van der Waals surface area contributed by atoms with E-state index in [9.17, 15) is 13.2 Å². The predicted molar refractivity (Wildman–Crippen MR) is 48.0 cm³/mol. The molecule has 1 aromatic rings. The minimum absolute atomic E-state index is 0.256. The Morgan fingerprint density at radius 2 is 1.71 bits per heavy atom. The zero-order valence-electron chi connectivity index (χ0n) is 7.67. The Labute approximate surface area is 84.0 Å². The van der Waals surface area contributed by atoms with Crippen LogP contribution in [0.3, 0.4) is 0 Å². The number of alkyl halides is 3. The lowest BCUT2D eigenvalue weighted by molar-refractivity contribution is -0.138. The van der Waals surface area contributed by atoms with Crippen LogP contribution in [0.5, 0.6) is 0 Å². The fourth-order valence-corrected chi connectivity index (χ4v) is 1.38. The van der Waals surface area contributed by atoms with E-state index in [0.717, 1.165) is 12.4 Å². The molecule has 0 aliphatic rings. The zero-order chi connectivity index (χ0) is 10.8. The molecule has 14 heavy (non-hydrogen) atoms. The second-order valence-corrected chi connectivity index (χ2v) is 4.46. The standard InChI is InChI=1S/C8H9F3N2S/c1-5(2)14-7-12-3-6(4-13-7)8(9,10)11/h3-5H,1-2H3. The van der Waals surface area contributed by atoms with Crippen molar-refractivity contribution in [2.45, 2.75) is 30.4 Å². The summed E-state index contributed by atoms with van der Waals surface area (Å²) in [6.07, 6.45) is -2.75. The van der Waals surface area contributed by atoms with Crippen LogP contribution in [0.2, 0.25) is 0 Å². The largest absolute Gasteiger partial charge is 0.419 e. The van der Waals surface area contributed by atoms with Crippen LogP contribution in [0.1, 0.15) is 19.4 Å². The van der Waals surface area contributed by atoms with Gasteiger partial charge in [0.25, 0.3) is 0 Å².